The third-order valence-electron chi connectivity index (χ3n) is 2.88. The lowest BCUT2D eigenvalue weighted by Gasteiger charge is -2.24. The summed E-state index contributed by atoms with van der Waals surface area (Å²) in [4.78, 5) is 12.3. The van der Waals surface area contributed by atoms with Gasteiger partial charge in [-0.05, 0) is 37.5 Å². The summed E-state index contributed by atoms with van der Waals surface area (Å²) in [6.45, 7) is 7.81. The third-order valence-corrected chi connectivity index (χ3v) is 3.39. The Morgan fingerprint density at radius 1 is 1.28 bits per heavy atom. The molecular weight excluding hydrogens is 244 g/mol. The van der Waals surface area contributed by atoms with E-state index in [1.54, 1.807) is 13.8 Å². The zero-order valence-electron chi connectivity index (χ0n) is 11.3. The van der Waals surface area contributed by atoms with Gasteiger partial charge < -0.3 is 11.1 Å². The molecule has 0 aliphatic carbocycles. The van der Waals surface area contributed by atoms with E-state index in [-0.39, 0.29) is 10.9 Å². The molecule has 1 aromatic carbocycles. The van der Waals surface area contributed by atoms with Crippen molar-refractivity contribution < 1.29 is 4.79 Å². The molecule has 0 radical (unpaired) electrons. The average molecular weight is 264 g/mol. The number of nitrogens with one attached hydrogen (secondary N) is 1. The van der Waals surface area contributed by atoms with Gasteiger partial charge in [0, 0.05) is 5.56 Å². The lowest BCUT2D eigenvalue weighted by atomic mass is 10.0. The first-order valence-corrected chi connectivity index (χ1v) is 6.37. The third kappa shape index (κ3) is 3.53. The van der Waals surface area contributed by atoms with Crippen LogP contribution >= 0.6 is 12.2 Å². The summed E-state index contributed by atoms with van der Waals surface area (Å²) in [7, 11) is 0. The van der Waals surface area contributed by atoms with E-state index >= 15 is 0 Å². The van der Waals surface area contributed by atoms with Crippen LogP contribution in [0.15, 0.2) is 24.3 Å². The zero-order chi connectivity index (χ0) is 13.9. The average Bonchev–Trinajstić information content (AvgIpc) is 2.28. The summed E-state index contributed by atoms with van der Waals surface area (Å²) < 4.78 is 0. The minimum Gasteiger partial charge on any atom is -0.391 e. The Labute approximate surface area is 114 Å². The van der Waals surface area contributed by atoms with Crippen LogP contribution < -0.4 is 11.1 Å². The maximum absolute atomic E-state index is 12.0. The molecule has 0 atom stereocenters. The number of rotatable bonds is 4. The van der Waals surface area contributed by atoms with Crippen molar-refractivity contribution in [1.29, 1.82) is 0 Å². The number of thiocarbonyl (C=S) groups is 1. The molecule has 0 saturated heterocycles. The first-order valence-electron chi connectivity index (χ1n) is 5.96. The van der Waals surface area contributed by atoms with Gasteiger partial charge in [0.1, 0.15) is 0 Å². The highest BCUT2D eigenvalue weighted by molar-refractivity contribution is 7.80. The van der Waals surface area contributed by atoms with Gasteiger partial charge in [0.15, 0.2) is 0 Å². The predicted molar refractivity (Wildman–Crippen MR) is 78.9 cm³/mol. The lowest BCUT2D eigenvalue weighted by molar-refractivity contribution is 0.0932. The van der Waals surface area contributed by atoms with Crippen LogP contribution in [0.5, 0.6) is 0 Å². The number of hydrogen-bond acceptors (Lipinski definition) is 2. The molecule has 4 heteroatoms. The molecular formula is C14H20N2OS. The highest BCUT2D eigenvalue weighted by atomic mass is 32.1. The standard InChI is InChI=1S/C14H20N2OS/c1-9(2)10-5-7-11(8-6-10)12(17)16-14(3,4)13(15)18/h5-9H,1-4H3,(H2,15,18)(H,16,17). The Bertz CT molecular complexity index is 449. The fraction of sp³-hybridized carbons (Fsp3) is 0.429. The van der Waals surface area contributed by atoms with E-state index in [0.717, 1.165) is 0 Å². The Hall–Kier alpha value is -1.42. The van der Waals surface area contributed by atoms with Crippen LogP contribution in [-0.2, 0) is 0 Å². The number of amides is 1. The van der Waals surface area contributed by atoms with E-state index in [9.17, 15) is 4.79 Å². The van der Waals surface area contributed by atoms with E-state index in [0.29, 0.717) is 11.5 Å². The molecule has 1 rings (SSSR count). The Morgan fingerprint density at radius 3 is 2.17 bits per heavy atom. The van der Waals surface area contributed by atoms with Gasteiger partial charge in [0.05, 0.1) is 10.5 Å². The molecule has 0 spiro atoms. The van der Waals surface area contributed by atoms with Crippen molar-refractivity contribution in [2.24, 2.45) is 5.73 Å². The molecule has 0 fully saturated rings. The molecule has 0 aliphatic heterocycles. The van der Waals surface area contributed by atoms with Gasteiger partial charge in [0.25, 0.3) is 5.91 Å². The summed E-state index contributed by atoms with van der Waals surface area (Å²) >= 11 is 4.92. The van der Waals surface area contributed by atoms with Crippen molar-refractivity contribution >= 4 is 23.1 Å². The number of carbonyl (C=O) groups excluding carboxylic acids is 1. The van der Waals surface area contributed by atoms with Gasteiger partial charge in [-0.1, -0.05) is 38.2 Å². The van der Waals surface area contributed by atoms with Crippen molar-refractivity contribution in [2.75, 3.05) is 0 Å². The predicted octanol–water partition coefficient (Wildman–Crippen LogP) is 2.60. The number of nitrogens with two attached hydrogens (primary N) is 1. The zero-order valence-corrected chi connectivity index (χ0v) is 12.1. The van der Waals surface area contributed by atoms with Gasteiger partial charge in [-0.15, -0.1) is 0 Å². The van der Waals surface area contributed by atoms with E-state index in [1.807, 2.05) is 24.3 Å². The molecule has 0 bridgehead atoms. The van der Waals surface area contributed by atoms with Crippen LogP contribution in [0.4, 0.5) is 0 Å². The summed E-state index contributed by atoms with van der Waals surface area (Å²) in [5.41, 5.74) is 6.72. The molecule has 1 aromatic rings. The van der Waals surface area contributed by atoms with Gasteiger partial charge in [-0.3, -0.25) is 4.79 Å². The maximum atomic E-state index is 12.0. The minimum absolute atomic E-state index is 0.164. The van der Waals surface area contributed by atoms with Crippen LogP contribution in [0.25, 0.3) is 0 Å². The summed E-state index contributed by atoms with van der Waals surface area (Å²) in [6, 6.07) is 7.57. The molecule has 18 heavy (non-hydrogen) atoms. The smallest absolute Gasteiger partial charge is 0.252 e. The lowest BCUT2D eigenvalue weighted by Crippen LogP contribution is -2.52. The van der Waals surface area contributed by atoms with Gasteiger partial charge in [0.2, 0.25) is 0 Å². The second-order valence-electron chi connectivity index (χ2n) is 5.22. The van der Waals surface area contributed by atoms with Crippen LogP contribution in [0.1, 0.15) is 49.5 Å². The molecule has 0 aromatic heterocycles. The number of carbonyl (C=O) groups is 1. The number of hydrogen-bond donors (Lipinski definition) is 2. The largest absolute Gasteiger partial charge is 0.391 e. The van der Waals surface area contributed by atoms with E-state index in [4.69, 9.17) is 18.0 Å². The molecule has 0 unspecified atom stereocenters. The second kappa shape index (κ2) is 5.48. The Morgan fingerprint density at radius 2 is 1.78 bits per heavy atom. The van der Waals surface area contributed by atoms with Crippen LogP contribution in [0.2, 0.25) is 0 Å². The first-order chi connectivity index (χ1) is 8.24. The fourth-order valence-electron chi connectivity index (χ4n) is 1.44. The second-order valence-corrected chi connectivity index (χ2v) is 5.66. The van der Waals surface area contributed by atoms with Crippen molar-refractivity contribution in [2.45, 2.75) is 39.2 Å². The maximum Gasteiger partial charge on any atom is 0.252 e. The minimum atomic E-state index is -0.677. The van der Waals surface area contributed by atoms with Gasteiger partial charge >= 0.3 is 0 Å². The van der Waals surface area contributed by atoms with Crippen molar-refractivity contribution in [3.63, 3.8) is 0 Å². The van der Waals surface area contributed by atoms with E-state index < -0.39 is 5.54 Å². The normalized spacial score (nSPS) is 11.4. The highest BCUT2D eigenvalue weighted by Crippen LogP contribution is 2.15. The fourth-order valence-corrected chi connectivity index (χ4v) is 1.49. The number of benzene rings is 1. The van der Waals surface area contributed by atoms with E-state index in [2.05, 4.69) is 19.2 Å². The van der Waals surface area contributed by atoms with Crippen molar-refractivity contribution in [3.05, 3.63) is 35.4 Å². The Kier molecular flexibility index (Phi) is 4.46. The Balaban J connectivity index is 2.82. The van der Waals surface area contributed by atoms with Crippen molar-refractivity contribution in [3.8, 4) is 0 Å². The van der Waals surface area contributed by atoms with Crippen molar-refractivity contribution in [1.82, 2.24) is 5.32 Å². The quantitative estimate of drug-likeness (QED) is 0.822. The molecule has 3 N–H and O–H groups in total. The first kappa shape index (κ1) is 14.6. The van der Waals surface area contributed by atoms with Crippen LogP contribution in [0.3, 0.4) is 0 Å². The van der Waals surface area contributed by atoms with Gasteiger partial charge in [-0.2, -0.15) is 0 Å². The monoisotopic (exact) mass is 264 g/mol. The summed E-state index contributed by atoms with van der Waals surface area (Å²) in [5, 5.41) is 2.82. The molecule has 0 heterocycles. The molecule has 0 aliphatic rings. The summed E-state index contributed by atoms with van der Waals surface area (Å²) in [5.74, 6) is 0.290. The van der Waals surface area contributed by atoms with E-state index in [1.165, 1.54) is 5.56 Å². The summed E-state index contributed by atoms with van der Waals surface area (Å²) in [6.07, 6.45) is 0. The van der Waals surface area contributed by atoms with Crippen LogP contribution in [0, 0.1) is 0 Å². The highest BCUT2D eigenvalue weighted by Gasteiger charge is 2.24. The SMILES string of the molecule is CC(C)c1ccc(C(=O)NC(C)(C)C(N)=S)cc1. The molecule has 3 nitrogen and oxygen atoms in total. The van der Waals surface area contributed by atoms with Crippen LogP contribution in [-0.4, -0.2) is 16.4 Å². The topological polar surface area (TPSA) is 55.1 Å². The molecule has 98 valence electrons. The van der Waals surface area contributed by atoms with Gasteiger partial charge in [-0.25, -0.2) is 0 Å². The molecule has 0 saturated carbocycles. The molecule has 1 amide bonds.